The highest BCUT2D eigenvalue weighted by Crippen LogP contribution is 2.57. The molecule has 0 heterocycles. The topological polar surface area (TPSA) is 9.23 Å². The molecule has 0 amide bonds. The zero-order chi connectivity index (χ0) is 13.7. The van der Waals surface area contributed by atoms with E-state index in [4.69, 9.17) is 4.74 Å². The summed E-state index contributed by atoms with van der Waals surface area (Å²) in [5, 5.41) is 0. The first kappa shape index (κ1) is 17.3. The highest BCUT2D eigenvalue weighted by molar-refractivity contribution is 8.33. The molecule has 0 fully saturated rings. The average molecular weight is 263 g/mol. The third-order valence-electron chi connectivity index (χ3n) is 5.03. The van der Waals surface area contributed by atoms with Crippen molar-refractivity contribution in [3.8, 4) is 0 Å². The van der Waals surface area contributed by atoms with Crippen LogP contribution >= 0.6 is 10.0 Å². The van der Waals surface area contributed by atoms with Crippen molar-refractivity contribution in [3.05, 3.63) is 0 Å². The Morgan fingerprint density at radius 2 is 1.24 bits per heavy atom. The normalized spacial score (nSPS) is 15.1. The molecule has 0 radical (unpaired) electrons. The minimum atomic E-state index is -0.698. The van der Waals surface area contributed by atoms with Crippen LogP contribution in [0.2, 0.25) is 0 Å². The molecule has 0 aliphatic rings. The molecule has 0 atom stereocenters. The van der Waals surface area contributed by atoms with Crippen LogP contribution in [0.4, 0.5) is 0 Å². The molecule has 1 nitrogen and oxygen atoms in total. The third kappa shape index (κ3) is 4.17. The van der Waals surface area contributed by atoms with Crippen molar-refractivity contribution >= 4 is 10.0 Å². The Hall–Kier alpha value is 0.310. The first-order valence-electron chi connectivity index (χ1n) is 7.04. The summed E-state index contributed by atoms with van der Waals surface area (Å²) in [4.78, 5) is 0. The van der Waals surface area contributed by atoms with Crippen molar-refractivity contribution in [2.24, 2.45) is 0 Å². The predicted octanol–water partition coefficient (Wildman–Crippen LogP) is 5.18. The van der Waals surface area contributed by atoms with Crippen molar-refractivity contribution in [3.63, 3.8) is 0 Å². The van der Waals surface area contributed by atoms with E-state index < -0.39 is 10.0 Å². The van der Waals surface area contributed by atoms with Crippen molar-refractivity contribution in [2.75, 3.05) is 18.5 Å². The van der Waals surface area contributed by atoms with Gasteiger partial charge in [0.2, 0.25) is 0 Å². The SMILES string of the molecule is CCC(C)(CC)OCS(C)(C)C(C)(CC)CC. The van der Waals surface area contributed by atoms with Gasteiger partial charge in [-0.25, -0.2) is 10.0 Å². The highest BCUT2D eigenvalue weighted by Gasteiger charge is 2.35. The predicted molar refractivity (Wildman–Crippen MR) is 83.4 cm³/mol. The molecule has 0 aromatic heterocycles. The van der Waals surface area contributed by atoms with Crippen LogP contribution in [0.1, 0.15) is 67.2 Å². The number of hydrogen-bond donors (Lipinski definition) is 0. The van der Waals surface area contributed by atoms with Crippen molar-refractivity contribution in [2.45, 2.75) is 77.6 Å². The number of rotatable bonds is 8. The molecule has 0 bridgehead atoms. The van der Waals surface area contributed by atoms with Crippen LogP contribution in [0.5, 0.6) is 0 Å². The van der Waals surface area contributed by atoms with E-state index >= 15 is 0 Å². The van der Waals surface area contributed by atoms with Crippen molar-refractivity contribution < 1.29 is 4.74 Å². The zero-order valence-corrected chi connectivity index (χ0v) is 14.2. The molecule has 0 aliphatic carbocycles. The summed E-state index contributed by atoms with van der Waals surface area (Å²) in [6, 6.07) is 0. The monoisotopic (exact) mass is 262 g/mol. The molecular formula is C15H34OS. The van der Waals surface area contributed by atoms with Gasteiger partial charge in [0.05, 0.1) is 11.5 Å². The minimum Gasteiger partial charge on any atom is -0.366 e. The average Bonchev–Trinajstić information content (AvgIpc) is 2.34. The van der Waals surface area contributed by atoms with E-state index in [1.807, 2.05) is 0 Å². The fourth-order valence-corrected chi connectivity index (χ4v) is 4.34. The maximum Gasteiger partial charge on any atom is 0.0778 e. The standard InChI is InChI=1S/C15H34OS/c1-9-14(5,10-2)16-13-17(7,8)15(6,11-3)12-4/h9-13H2,1-8H3. The van der Waals surface area contributed by atoms with Crippen LogP contribution in [0, 0.1) is 0 Å². The van der Waals surface area contributed by atoms with Gasteiger partial charge in [-0.3, -0.25) is 0 Å². The van der Waals surface area contributed by atoms with Crippen LogP contribution in [0.25, 0.3) is 0 Å². The van der Waals surface area contributed by atoms with Gasteiger partial charge in [-0.2, -0.15) is 0 Å². The van der Waals surface area contributed by atoms with Gasteiger partial charge in [0.1, 0.15) is 0 Å². The molecule has 0 unspecified atom stereocenters. The summed E-state index contributed by atoms with van der Waals surface area (Å²) in [6.45, 7) is 13.8. The maximum absolute atomic E-state index is 6.28. The van der Waals surface area contributed by atoms with Crippen LogP contribution < -0.4 is 0 Å². The van der Waals surface area contributed by atoms with E-state index in [2.05, 4.69) is 54.1 Å². The van der Waals surface area contributed by atoms with Gasteiger partial charge in [0.25, 0.3) is 0 Å². The van der Waals surface area contributed by atoms with Crippen LogP contribution in [-0.2, 0) is 4.74 Å². The Labute approximate surface area is 111 Å². The smallest absolute Gasteiger partial charge is 0.0778 e. The molecule has 17 heavy (non-hydrogen) atoms. The molecule has 0 rings (SSSR count). The van der Waals surface area contributed by atoms with E-state index in [9.17, 15) is 0 Å². The Balaban J connectivity index is 4.65. The molecule has 0 aromatic carbocycles. The van der Waals surface area contributed by atoms with Gasteiger partial charge in [0.15, 0.2) is 0 Å². The van der Waals surface area contributed by atoms with E-state index in [-0.39, 0.29) is 5.60 Å². The summed E-state index contributed by atoms with van der Waals surface area (Å²) < 4.78 is 6.73. The van der Waals surface area contributed by atoms with Crippen LogP contribution in [0.3, 0.4) is 0 Å². The molecule has 0 saturated carbocycles. The summed E-state index contributed by atoms with van der Waals surface area (Å²) in [6.07, 6.45) is 9.59. The molecule has 2 heteroatoms. The van der Waals surface area contributed by atoms with Crippen molar-refractivity contribution in [1.82, 2.24) is 0 Å². The first-order valence-corrected chi connectivity index (χ1v) is 9.66. The summed E-state index contributed by atoms with van der Waals surface area (Å²) >= 11 is 0. The Morgan fingerprint density at radius 1 is 0.824 bits per heavy atom. The maximum atomic E-state index is 6.28. The molecule has 106 valence electrons. The number of hydrogen-bond acceptors (Lipinski definition) is 1. The molecule has 0 aliphatic heterocycles. The molecule has 0 N–H and O–H groups in total. The summed E-state index contributed by atoms with van der Waals surface area (Å²) in [5.74, 6) is 0.948. The molecule has 0 saturated heterocycles. The van der Waals surface area contributed by atoms with E-state index in [0.717, 1.165) is 18.8 Å². The van der Waals surface area contributed by atoms with Gasteiger partial charge in [0, 0.05) is 0 Å². The van der Waals surface area contributed by atoms with Gasteiger partial charge >= 0.3 is 0 Å². The summed E-state index contributed by atoms with van der Waals surface area (Å²) in [5.41, 5.74) is 0.0761. The lowest BCUT2D eigenvalue weighted by molar-refractivity contribution is -0.0115. The third-order valence-corrected chi connectivity index (χ3v) is 8.98. The summed E-state index contributed by atoms with van der Waals surface area (Å²) in [7, 11) is -0.698. The largest absolute Gasteiger partial charge is 0.366 e. The second-order valence-electron chi connectivity index (χ2n) is 6.11. The molecule has 0 aromatic rings. The molecule has 0 spiro atoms. The Bertz CT molecular complexity index is 215. The van der Waals surface area contributed by atoms with Gasteiger partial charge in [-0.1, -0.05) is 34.6 Å². The molecular weight excluding hydrogens is 228 g/mol. The highest BCUT2D eigenvalue weighted by atomic mass is 32.3. The lowest BCUT2D eigenvalue weighted by Crippen LogP contribution is -2.36. The first-order chi connectivity index (χ1) is 7.70. The Morgan fingerprint density at radius 3 is 1.53 bits per heavy atom. The second-order valence-corrected chi connectivity index (χ2v) is 10.4. The van der Waals surface area contributed by atoms with E-state index in [1.54, 1.807) is 0 Å². The van der Waals surface area contributed by atoms with E-state index in [1.165, 1.54) is 12.8 Å². The van der Waals surface area contributed by atoms with Crippen LogP contribution in [-0.4, -0.2) is 28.8 Å². The Kier molecular flexibility index (Phi) is 6.59. The van der Waals surface area contributed by atoms with Gasteiger partial charge in [-0.15, -0.1) is 0 Å². The fourth-order valence-electron chi connectivity index (χ4n) is 1.92. The fraction of sp³-hybridized carbons (Fsp3) is 1.00. The van der Waals surface area contributed by atoms with Gasteiger partial charge in [-0.05, 0) is 49.9 Å². The lowest BCUT2D eigenvalue weighted by atomic mass is 10.0. The van der Waals surface area contributed by atoms with Crippen molar-refractivity contribution in [1.29, 1.82) is 0 Å². The number of ether oxygens (including phenoxy) is 1. The lowest BCUT2D eigenvalue weighted by Gasteiger charge is -2.49. The quantitative estimate of drug-likeness (QED) is 0.585. The second kappa shape index (κ2) is 6.47. The minimum absolute atomic E-state index is 0.0761. The van der Waals surface area contributed by atoms with Gasteiger partial charge < -0.3 is 4.74 Å². The zero-order valence-electron chi connectivity index (χ0n) is 13.4. The van der Waals surface area contributed by atoms with Crippen LogP contribution in [0.15, 0.2) is 0 Å². The van der Waals surface area contributed by atoms with E-state index in [0.29, 0.717) is 4.75 Å².